The lowest BCUT2D eigenvalue weighted by Crippen LogP contribution is -2.19. The maximum atomic E-state index is 10.6. The van der Waals surface area contributed by atoms with Crippen LogP contribution in [-0.2, 0) is 0 Å². The van der Waals surface area contributed by atoms with Gasteiger partial charge in [0.2, 0.25) is 0 Å². The van der Waals surface area contributed by atoms with E-state index in [0.717, 1.165) is 9.13 Å². The molecule has 0 aliphatic carbocycles. The lowest BCUT2D eigenvalue weighted by atomic mass is 10.2. The highest BCUT2D eigenvalue weighted by molar-refractivity contribution is 14.1. The van der Waals surface area contributed by atoms with Crippen LogP contribution in [-0.4, -0.2) is 10.9 Å². The van der Waals surface area contributed by atoms with Gasteiger partial charge in [0.25, 0.3) is 0 Å². The molecule has 0 aliphatic heterocycles. The summed E-state index contributed by atoms with van der Waals surface area (Å²) in [5.74, 6) is -0.723. The predicted octanol–water partition coefficient (Wildman–Crippen LogP) is 0.680. The first-order valence-corrected chi connectivity index (χ1v) is 4.07. The minimum atomic E-state index is -0.723. The van der Waals surface area contributed by atoms with Crippen LogP contribution in [0.3, 0.4) is 0 Å². The molecule has 11 heavy (non-hydrogen) atoms. The fourth-order valence-electron chi connectivity index (χ4n) is 0.778. The normalized spacial score (nSPS) is 9.64. The van der Waals surface area contributed by atoms with Gasteiger partial charge in [-0.05, 0) is 41.1 Å². The van der Waals surface area contributed by atoms with Crippen molar-refractivity contribution in [3.8, 4) is 0 Å². The fraction of sp³-hybridized carbons (Fsp3) is 0.143. The maximum Gasteiger partial charge on any atom is 0.0760 e. The van der Waals surface area contributed by atoms with Gasteiger partial charge in [-0.25, -0.2) is 0 Å². The van der Waals surface area contributed by atoms with Crippen LogP contribution in [0.15, 0.2) is 12.3 Å². The van der Waals surface area contributed by atoms with Gasteiger partial charge in [-0.15, -0.1) is 0 Å². The van der Waals surface area contributed by atoms with Crippen LogP contribution >= 0.6 is 22.6 Å². The van der Waals surface area contributed by atoms with Crippen molar-refractivity contribution in [2.24, 2.45) is 0 Å². The van der Waals surface area contributed by atoms with Crippen LogP contribution in [0.25, 0.3) is 0 Å². The van der Waals surface area contributed by atoms with E-state index in [4.69, 9.17) is 5.41 Å². The van der Waals surface area contributed by atoms with E-state index < -0.39 is 5.90 Å². The monoisotopic (exact) mass is 261 g/mol. The second kappa shape index (κ2) is 3.17. The summed E-state index contributed by atoms with van der Waals surface area (Å²) in [6.07, 6.45) is 1.58. The van der Waals surface area contributed by atoms with Crippen molar-refractivity contribution in [1.29, 1.82) is 5.41 Å². The molecule has 3 nitrogen and oxygen atoms in total. The molecule has 0 saturated heterocycles. The van der Waals surface area contributed by atoms with Gasteiger partial charge in [-0.1, -0.05) is 0 Å². The van der Waals surface area contributed by atoms with Crippen molar-refractivity contribution < 1.29 is 5.11 Å². The molecule has 1 heterocycles. The molecule has 0 atom stereocenters. The first kappa shape index (κ1) is 8.45. The number of aryl methyl sites for hydroxylation is 1. The van der Waals surface area contributed by atoms with Gasteiger partial charge in [0.05, 0.1) is 5.69 Å². The van der Waals surface area contributed by atoms with Crippen molar-refractivity contribution in [3.05, 3.63) is 27.1 Å². The molecule has 0 bridgehead atoms. The van der Waals surface area contributed by atoms with E-state index >= 15 is 0 Å². The number of pyridine rings is 1. The number of hydrogen-bond donors (Lipinski definition) is 1. The van der Waals surface area contributed by atoms with E-state index in [0.29, 0.717) is 0 Å². The Bertz CT molecular complexity index is 298. The molecule has 1 aromatic rings. The van der Waals surface area contributed by atoms with E-state index in [9.17, 15) is 5.11 Å². The third kappa shape index (κ3) is 1.89. The molecule has 1 rings (SSSR count). The molecule has 1 aromatic heterocycles. The summed E-state index contributed by atoms with van der Waals surface area (Å²) in [6.45, 7) is 1.77. The number of hydrogen-bond acceptors (Lipinski definition) is 3. The minimum absolute atomic E-state index is 0.241. The standard InChI is InChI=1S/C7H7IN2O/c1-4-2-5(8)3-10-6(4)7(9)11/h2-3H,1H3,(H2,9,11)/p-1. The van der Waals surface area contributed by atoms with Gasteiger partial charge < -0.3 is 10.5 Å². The fourth-order valence-corrected chi connectivity index (χ4v) is 1.38. The molecule has 0 saturated carbocycles. The second-order valence-electron chi connectivity index (χ2n) is 2.15. The Kier molecular flexibility index (Phi) is 2.43. The Morgan fingerprint density at radius 2 is 2.36 bits per heavy atom. The van der Waals surface area contributed by atoms with Gasteiger partial charge in [0, 0.05) is 15.7 Å². The molecular weight excluding hydrogens is 255 g/mol. The van der Waals surface area contributed by atoms with E-state index in [2.05, 4.69) is 27.6 Å². The molecular formula is C7H6IN2O-. The lowest BCUT2D eigenvalue weighted by Gasteiger charge is -2.08. The Labute approximate surface area is 78.1 Å². The minimum Gasteiger partial charge on any atom is -0.858 e. The molecule has 0 amide bonds. The van der Waals surface area contributed by atoms with Crippen LogP contribution in [0.5, 0.6) is 0 Å². The molecule has 1 N–H and O–H groups in total. The van der Waals surface area contributed by atoms with Crippen molar-refractivity contribution in [3.63, 3.8) is 0 Å². The van der Waals surface area contributed by atoms with Crippen molar-refractivity contribution >= 4 is 28.5 Å². The Hall–Kier alpha value is -0.650. The first-order chi connectivity index (χ1) is 5.11. The molecule has 0 spiro atoms. The molecule has 0 unspecified atom stereocenters. The van der Waals surface area contributed by atoms with Crippen molar-refractivity contribution in [2.75, 3.05) is 0 Å². The Morgan fingerprint density at radius 3 is 2.82 bits per heavy atom. The SMILES string of the molecule is Cc1cc(I)cnc1C(=N)[O-]. The highest BCUT2D eigenvalue weighted by Gasteiger charge is 1.97. The predicted molar refractivity (Wildman–Crippen MR) is 48.5 cm³/mol. The lowest BCUT2D eigenvalue weighted by molar-refractivity contribution is -0.215. The van der Waals surface area contributed by atoms with E-state index in [1.54, 1.807) is 13.1 Å². The summed E-state index contributed by atoms with van der Waals surface area (Å²) < 4.78 is 0.977. The number of halogens is 1. The molecule has 0 aromatic carbocycles. The van der Waals surface area contributed by atoms with E-state index in [1.807, 2.05) is 6.07 Å². The molecule has 0 fully saturated rings. The van der Waals surface area contributed by atoms with Gasteiger partial charge in [0.15, 0.2) is 0 Å². The summed E-state index contributed by atoms with van der Waals surface area (Å²) in [5, 5.41) is 17.4. The smallest absolute Gasteiger partial charge is 0.0760 e. The van der Waals surface area contributed by atoms with Crippen molar-refractivity contribution in [2.45, 2.75) is 6.92 Å². The van der Waals surface area contributed by atoms with Crippen molar-refractivity contribution in [1.82, 2.24) is 4.98 Å². The van der Waals surface area contributed by atoms with E-state index in [-0.39, 0.29) is 5.69 Å². The Balaban J connectivity index is 3.20. The number of nitrogens with one attached hydrogen (secondary N) is 1. The number of rotatable bonds is 1. The van der Waals surface area contributed by atoms with Crippen LogP contribution in [0.1, 0.15) is 11.3 Å². The highest BCUT2D eigenvalue weighted by Crippen LogP contribution is 2.08. The maximum absolute atomic E-state index is 10.6. The first-order valence-electron chi connectivity index (χ1n) is 2.99. The van der Waals surface area contributed by atoms with Crippen LogP contribution in [0.4, 0.5) is 0 Å². The zero-order valence-corrected chi connectivity index (χ0v) is 8.05. The Morgan fingerprint density at radius 1 is 1.73 bits per heavy atom. The van der Waals surface area contributed by atoms with E-state index in [1.165, 1.54) is 0 Å². The third-order valence-corrected chi connectivity index (χ3v) is 1.85. The largest absolute Gasteiger partial charge is 0.858 e. The summed E-state index contributed by atoms with van der Waals surface area (Å²) >= 11 is 2.11. The van der Waals surface area contributed by atoms with Crippen LogP contribution < -0.4 is 5.11 Å². The summed E-state index contributed by atoms with van der Waals surface area (Å²) in [4.78, 5) is 3.83. The summed E-state index contributed by atoms with van der Waals surface area (Å²) in [7, 11) is 0. The van der Waals surface area contributed by atoms with Crippen LogP contribution in [0.2, 0.25) is 0 Å². The topological polar surface area (TPSA) is 59.8 Å². The number of aromatic nitrogens is 1. The molecule has 58 valence electrons. The van der Waals surface area contributed by atoms with Gasteiger partial charge in [-0.2, -0.15) is 0 Å². The highest BCUT2D eigenvalue weighted by atomic mass is 127. The average molecular weight is 261 g/mol. The molecule has 4 heteroatoms. The second-order valence-corrected chi connectivity index (χ2v) is 3.39. The van der Waals surface area contributed by atoms with Gasteiger partial charge in [-0.3, -0.25) is 4.98 Å². The zero-order chi connectivity index (χ0) is 8.43. The average Bonchev–Trinajstić information content (AvgIpc) is 1.85. The molecule has 0 aliphatic rings. The molecule has 0 radical (unpaired) electrons. The quantitative estimate of drug-likeness (QED) is 0.459. The van der Waals surface area contributed by atoms with Crippen LogP contribution in [0, 0.1) is 15.9 Å². The van der Waals surface area contributed by atoms with Gasteiger partial charge in [0.1, 0.15) is 0 Å². The summed E-state index contributed by atoms with van der Waals surface area (Å²) in [5.41, 5.74) is 1.00. The summed E-state index contributed by atoms with van der Waals surface area (Å²) in [6, 6.07) is 1.83. The zero-order valence-electron chi connectivity index (χ0n) is 5.89. The third-order valence-electron chi connectivity index (χ3n) is 1.26. The number of nitrogens with zero attached hydrogens (tertiary/aromatic N) is 1. The van der Waals surface area contributed by atoms with Gasteiger partial charge >= 0.3 is 0 Å².